The molecule has 1 heteroatoms. The Morgan fingerprint density at radius 2 is 2.18 bits per heavy atom. The summed E-state index contributed by atoms with van der Waals surface area (Å²) >= 11 is 0. The SMILES string of the molecule is C[C@@H]1C[N]c2ccccc2C1. The van der Waals surface area contributed by atoms with E-state index >= 15 is 0 Å². The van der Waals surface area contributed by atoms with Gasteiger partial charge in [-0.1, -0.05) is 25.1 Å². The number of nitrogens with zero attached hydrogens (tertiary/aromatic N) is 1. The third kappa shape index (κ3) is 1.23. The molecule has 0 aliphatic carbocycles. The fourth-order valence-corrected chi connectivity index (χ4v) is 1.53. The van der Waals surface area contributed by atoms with Gasteiger partial charge in [0, 0.05) is 6.54 Å². The average molecular weight is 146 g/mol. The largest absolute Gasteiger partial charge is 0.285 e. The lowest BCUT2D eigenvalue weighted by Crippen LogP contribution is -2.19. The predicted octanol–water partition coefficient (Wildman–Crippen LogP) is 2.11. The molecule has 57 valence electrons. The van der Waals surface area contributed by atoms with Gasteiger partial charge in [-0.05, 0) is 24.0 Å². The van der Waals surface area contributed by atoms with Gasteiger partial charge in [0.25, 0.3) is 0 Å². The summed E-state index contributed by atoms with van der Waals surface area (Å²) in [7, 11) is 0. The Bertz CT molecular complexity index is 255. The number of benzene rings is 1. The topological polar surface area (TPSA) is 14.1 Å². The molecule has 0 spiro atoms. The standard InChI is InChI=1S/C10H12N/c1-8-6-9-4-2-3-5-10(9)11-7-8/h2-5,8H,6-7H2,1H3/t8-/m0/s1. The van der Waals surface area contributed by atoms with Crippen molar-refractivity contribution in [3.63, 3.8) is 0 Å². The number of hydrogen-bond donors (Lipinski definition) is 0. The molecule has 1 heterocycles. The van der Waals surface area contributed by atoms with Gasteiger partial charge in [0.1, 0.15) is 0 Å². The van der Waals surface area contributed by atoms with Crippen LogP contribution in [0.2, 0.25) is 0 Å². The van der Waals surface area contributed by atoms with Gasteiger partial charge in [-0.2, -0.15) is 0 Å². The van der Waals surface area contributed by atoms with Crippen molar-refractivity contribution in [2.45, 2.75) is 13.3 Å². The molecule has 0 aromatic heterocycles. The second kappa shape index (κ2) is 2.57. The smallest absolute Gasteiger partial charge is 0.0606 e. The van der Waals surface area contributed by atoms with Crippen molar-refractivity contribution in [3.05, 3.63) is 29.8 Å². The van der Waals surface area contributed by atoms with E-state index in [-0.39, 0.29) is 0 Å². The summed E-state index contributed by atoms with van der Waals surface area (Å²) in [6, 6.07) is 8.42. The minimum absolute atomic E-state index is 0.727. The van der Waals surface area contributed by atoms with E-state index in [4.69, 9.17) is 0 Å². The summed E-state index contributed by atoms with van der Waals surface area (Å²) in [5.41, 5.74) is 2.61. The summed E-state index contributed by atoms with van der Waals surface area (Å²) in [5, 5.41) is 4.47. The summed E-state index contributed by atoms with van der Waals surface area (Å²) in [6.07, 6.45) is 1.19. The van der Waals surface area contributed by atoms with E-state index in [1.54, 1.807) is 0 Å². The molecule has 1 atom stereocenters. The molecule has 1 aliphatic heterocycles. The maximum atomic E-state index is 4.47. The lowest BCUT2D eigenvalue weighted by molar-refractivity contribution is 0.525. The van der Waals surface area contributed by atoms with Crippen molar-refractivity contribution >= 4 is 5.69 Å². The molecular weight excluding hydrogens is 134 g/mol. The average Bonchev–Trinajstić information content (AvgIpc) is 2.04. The van der Waals surface area contributed by atoms with Crippen molar-refractivity contribution < 1.29 is 0 Å². The third-order valence-electron chi connectivity index (χ3n) is 2.13. The first kappa shape index (κ1) is 6.71. The highest BCUT2D eigenvalue weighted by Crippen LogP contribution is 2.23. The van der Waals surface area contributed by atoms with Gasteiger partial charge in [0.05, 0.1) is 5.69 Å². The first-order chi connectivity index (χ1) is 5.36. The van der Waals surface area contributed by atoms with Crippen LogP contribution < -0.4 is 5.32 Å². The fourth-order valence-electron chi connectivity index (χ4n) is 1.53. The van der Waals surface area contributed by atoms with Crippen LogP contribution in [0.25, 0.3) is 0 Å². The zero-order valence-corrected chi connectivity index (χ0v) is 6.75. The Hall–Kier alpha value is -0.980. The second-order valence-electron chi connectivity index (χ2n) is 3.28. The number of rotatable bonds is 0. The molecule has 1 aliphatic rings. The molecule has 1 radical (unpaired) electrons. The predicted molar refractivity (Wildman–Crippen MR) is 46.0 cm³/mol. The third-order valence-corrected chi connectivity index (χ3v) is 2.13. The fraction of sp³-hybridized carbons (Fsp3) is 0.400. The van der Waals surface area contributed by atoms with Crippen LogP contribution in [0.15, 0.2) is 24.3 Å². The van der Waals surface area contributed by atoms with Crippen LogP contribution in [0.5, 0.6) is 0 Å². The molecule has 0 N–H and O–H groups in total. The minimum atomic E-state index is 0.727. The summed E-state index contributed by atoms with van der Waals surface area (Å²) in [4.78, 5) is 0. The zero-order valence-electron chi connectivity index (χ0n) is 6.75. The van der Waals surface area contributed by atoms with Crippen molar-refractivity contribution in [1.29, 1.82) is 0 Å². The maximum Gasteiger partial charge on any atom is 0.0606 e. The normalized spacial score (nSPS) is 22.1. The van der Waals surface area contributed by atoms with Gasteiger partial charge in [-0.25, -0.2) is 0 Å². The van der Waals surface area contributed by atoms with E-state index in [2.05, 4.69) is 36.5 Å². The van der Waals surface area contributed by atoms with Crippen LogP contribution in [0.4, 0.5) is 5.69 Å². The van der Waals surface area contributed by atoms with E-state index in [1.165, 1.54) is 17.7 Å². The maximum absolute atomic E-state index is 4.47. The Morgan fingerprint density at radius 3 is 3.09 bits per heavy atom. The Morgan fingerprint density at radius 1 is 1.36 bits per heavy atom. The first-order valence-electron chi connectivity index (χ1n) is 4.11. The van der Waals surface area contributed by atoms with E-state index in [0.29, 0.717) is 0 Å². The molecule has 0 saturated carbocycles. The molecule has 11 heavy (non-hydrogen) atoms. The van der Waals surface area contributed by atoms with Crippen LogP contribution in [-0.4, -0.2) is 6.54 Å². The Labute approximate surface area is 67.4 Å². The van der Waals surface area contributed by atoms with Crippen LogP contribution in [0.1, 0.15) is 12.5 Å². The van der Waals surface area contributed by atoms with Gasteiger partial charge in [0.15, 0.2) is 0 Å². The van der Waals surface area contributed by atoms with Crippen molar-refractivity contribution in [1.82, 2.24) is 5.32 Å². The molecule has 1 nitrogen and oxygen atoms in total. The van der Waals surface area contributed by atoms with Crippen LogP contribution in [-0.2, 0) is 6.42 Å². The lowest BCUT2D eigenvalue weighted by atomic mass is 9.96. The van der Waals surface area contributed by atoms with E-state index in [0.717, 1.165) is 12.5 Å². The highest BCUT2D eigenvalue weighted by atomic mass is 14.9. The van der Waals surface area contributed by atoms with Gasteiger partial charge >= 0.3 is 0 Å². The van der Waals surface area contributed by atoms with Gasteiger partial charge in [-0.15, -0.1) is 0 Å². The van der Waals surface area contributed by atoms with Crippen LogP contribution in [0.3, 0.4) is 0 Å². The molecule has 0 saturated heterocycles. The number of hydrogen-bond acceptors (Lipinski definition) is 0. The summed E-state index contributed by atoms with van der Waals surface area (Å²) in [5.74, 6) is 0.727. The zero-order chi connectivity index (χ0) is 7.68. The monoisotopic (exact) mass is 146 g/mol. The van der Waals surface area contributed by atoms with Crippen LogP contribution in [0, 0.1) is 5.92 Å². The molecular formula is C10H12N. The lowest BCUT2D eigenvalue weighted by Gasteiger charge is -2.20. The Balaban J connectivity index is 2.34. The summed E-state index contributed by atoms with van der Waals surface area (Å²) < 4.78 is 0. The number of para-hydroxylation sites is 1. The van der Waals surface area contributed by atoms with Gasteiger partial charge in [-0.3, -0.25) is 5.32 Å². The van der Waals surface area contributed by atoms with E-state index in [9.17, 15) is 0 Å². The first-order valence-corrected chi connectivity index (χ1v) is 4.11. The van der Waals surface area contributed by atoms with Crippen molar-refractivity contribution in [2.75, 3.05) is 6.54 Å². The minimum Gasteiger partial charge on any atom is -0.285 e. The van der Waals surface area contributed by atoms with E-state index in [1.807, 2.05) is 0 Å². The molecule has 0 unspecified atom stereocenters. The quantitative estimate of drug-likeness (QED) is 0.532. The number of fused-ring (bicyclic) bond motifs is 1. The van der Waals surface area contributed by atoms with Crippen LogP contribution >= 0.6 is 0 Å². The summed E-state index contributed by atoms with van der Waals surface area (Å²) in [6.45, 7) is 3.25. The highest BCUT2D eigenvalue weighted by Gasteiger charge is 2.13. The molecule has 0 amide bonds. The van der Waals surface area contributed by atoms with E-state index < -0.39 is 0 Å². The molecule has 0 bridgehead atoms. The molecule has 1 aromatic rings. The van der Waals surface area contributed by atoms with Gasteiger partial charge < -0.3 is 0 Å². The van der Waals surface area contributed by atoms with Gasteiger partial charge in [0.2, 0.25) is 0 Å². The molecule has 1 aromatic carbocycles. The highest BCUT2D eigenvalue weighted by molar-refractivity contribution is 5.46. The second-order valence-corrected chi connectivity index (χ2v) is 3.28. The Kier molecular flexibility index (Phi) is 1.57. The molecule has 0 fully saturated rings. The molecule has 2 rings (SSSR count). The van der Waals surface area contributed by atoms with Crippen molar-refractivity contribution in [3.8, 4) is 0 Å². The van der Waals surface area contributed by atoms with Crippen molar-refractivity contribution in [2.24, 2.45) is 5.92 Å².